The van der Waals surface area contributed by atoms with Gasteiger partial charge in [0.25, 0.3) is 5.91 Å². The van der Waals surface area contributed by atoms with Crippen molar-refractivity contribution in [2.24, 2.45) is 0 Å². The van der Waals surface area contributed by atoms with Gasteiger partial charge in [-0.3, -0.25) is 4.79 Å². The lowest BCUT2D eigenvalue weighted by Gasteiger charge is -2.04. The molecule has 2 nitrogen and oxygen atoms in total. The fraction of sp³-hybridized carbons (Fsp3) is 0.417. The van der Waals surface area contributed by atoms with Crippen LogP contribution in [0.5, 0.6) is 0 Å². The maximum atomic E-state index is 11.5. The average Bonchev–Trinajstić information content (AvgIpc) is 2.43. The normalized spacial score (nSPS) is 19.3. The van der Waals surface area contributed by atoms with E-state index in [1.807, 2.05) is 13.0 Å². The first-order valence-corrected chi connectivity index (χ1v) is 5.16. The number of rotatable bonds is 2. The molecular weight excluding hydrogens is 174 g/mol. The largest absolute Gasteiger partial charge is 0.345 e. The van der Waals surface area contributed by atoms with Crippen LogP contribution >= 0.6 is 0 Å². The van der Waals surface area contributed by atoms with Gasteiger partial charge in [-0.2, -0.15) is 0 Å². The van der Waals surface area contributed by atoms with Crippen LogP contribution in [0.2, 0.25) is 0 Å². The third kappa shape index (κ3) is 1.41. The van der Waals surface area contributed by atoms with Crippen molar-refractivity contribution in [3.63, 3.8) is 0 Å². The summed E-state index contributed by atoms with van der Waals surface area (Å²) in [7, 11) is 0. The monoisotopic (exact) mass is 189 g/mol. The molecule has 1 N–H and O–H groups in total. The summed E-state index contributed by atoms with van der Waals surface area (Å²) < 4.78 is 0. The second-order valence-electron chi connectivity index (χ2n) is 3.87. The molecule has 0 bridgehead atoms. The van der Waals surface area contributed by atoms with Gasteiger partial charge in [0.1, 0.15) is 0 Å². The summed E-state index contributed by atoms with van der Waals surface area (Å²) in [6.45, 7) is 4.17. The first-order valence-electron chi connectivity index (χ1n) is 5.16. The Morgan fingerprint density at radius 2 is 2.21 bits per heavy atom. The molecule has 0 aromatic heterocycles. The van der Waals surface area contributed by atoms with Crippen molar-refractivity contribution < 1.29 is 4.79 Å². The van der Waals surface area contributed by atoms with Crippen LogP contribution in [0.4, 0.5) is 0 Å². The number of carbonyl (C=O) groups is 1. The van der Waals surface area contributed by atoms with E-state index in [-0.39, 0.29) is 11.9 Å². The Hall–Kier alpha value is -1.31. The maximum absolute atomic E-state index is 11.5. The average molecular weight is 189 g/mol. The van der Waals surface area contributed by atoms with Gasteiger partial charge in [0.05, 0.1) is 6.04 Å². The molecule has 0 fully saturated rings. The third-order valence-electron chi connectivity index (χ3n) is 2.72. The Labute approximate surface area is 84.3 Å². The minimum atomic E-state index is 0.0745. The molecule has 1 aliphatic heterocycles. The molecule has 0 saturated heterocycles. The van der Waals surface area contributed by atoms with Crippen LogP contribution in [0.3, 0.4) is 0 Å². The number of benzene rings is 1. The van der Waals surface area contributed by atoms with Crippen LogP contribution in [0, 0.1) is 0 Å². The van der Waals surface area contributed by atoms with Gasteiger partial charge >= 0.3 is 0 Å². The van der Waals surface area contributed by atoms with Crippen molar-refractivity contribution in [1.29, 1.82) is 0 Å². The van der Waals surface area contributed by atoms with Crippen LogP contribution in [-0.4, -0.2) is 5.91 Å². The Kier molecular flexibility index (Phi) is 2.28. The fourth-order valence-electron chi connectivity index (χ4n) is 1.97. The number of hydrogen-bond donors (Lipinski definition) is 1. The van der Waals surface area contributed by atoms with E-state index in [1.54, 1.807) is 0 Å². The summed E-state index contributed by atoms with van der Waals surface area (Å²) in [6, 6.07) is 6.40. The predicted molar refractivity (Wildman–Crippen MR) is 56.3 cm³/mol. The second kappa shape index (κ2) is 3.45. The molecule has 0 radical (unpaired) electrons. The molecule has 0 spiro atoms. The van der Waals surface area contributed by atoms with Gasteiger partial charge in [-0.1, -0.05) is 25.5 Å². The molecule has 0 saturated carbocycles. The summed E-state index contributed by atoms with van der Waals surface area (Å²) in [4.78, 5) is 11.5. The summed E-state index contributed by atoms with van der Waals surface area (Å²) in [5, 5.41) is 2.91. The molecule has 0 aliphatic carbocycles. The van der Waals surface area contributed by atoms with Crippen LogP contribution in [-0.2, 0) is 6.42 Å². The Morgan fingerprint density at radius 1 is 1.43 bits per heavy atom. The lowest BCUT2D eigenvalue weighted by Crippen LogP contribution is -2.16. The zero-order chi connectivity index (χ0) is 10.1. The molecule has 2 heteroatoms. The van der Waals surface area contributed by atoms with Crippen molar-refractivity contribution in [2.45, 2.75) is 32.7 Å². The van der Waals surface area contributed by atoms with Crippen LogP contribution in [0.15, 0.2) is 18.2 Å². The Morgan fingerprint density at radius 3 is 2.93 bits per heavy atom. The number of aryl methyl sites for hydroxylation is 1. The zero-order valence-electron chi connectivity index (χ0n) is 8.63. The highest BCUT2D eigenvalue weighted by Crippen LogP contribution is 2.25. The van der Waals surface area contributed by atoms with Gasteiger partial charge in [-0.05, 0) is 30.5 Å². The molecule has 74 valence electrons. The van der Waals surface area contributed by atoms with Gasteiger partial charge in [0.2, 0.25) is 0 Å². The lowest BCUT2D eigenvalue weighted by atomic mass is 10.0. The molecule has 1 aromatic carbocycles. The van der Waals surface area contributed by atoms with Crippen LogP contribution in [0.1, 0.15) is 47.8 Å². The zero-order valence-corrected chi connectivity index (χ0v) is 8.63. The van der Waals surface area contributed by atoms with E-state index in [2.05, 4.69) is 24.4 Å². The molecular formula is C12H15NO. The Bertz CT molecular complexity index is 371. The van der Waals surface area contributed by atoms with E-state index in [9.17, 15) is 4.79 Å². The van der Waals surface area contributed by atoms with Crippen molar-refractivity contribution in [3.8, 4) is 0 Å². The quantitative estimate of drug-likeness (QED) is 0.760. The minimum absolute atomic E-state index is 0.0745. The number of hydrogen-bond acceptors (Lipinski definition) is 1. The number of nitrogens with one attached hydrogen (secondary N) is 1. The topological polar surface area (TPSA) is 29.1 Å². The molecule has 1 unspecified atom stereocenters. The molecule has 14 heavy (non-hydrogen) atoms. The molecule has 1 aliphatic rings. The van der Waals surface area contributed by atoms with Gasteiger partial charge in [0.15, 0.2) is 0 Å². The van der Waals surface area contributed by atoms with E-state index in [0.29, 0.717) is 0 Å². The van der Waals surface area contributed by atoms with Gasteiger partial charge in [-0.25, -0.2) is 0 Å². The second-order valence-corrected chi connectivity index (χ2v) is 3.87. The SMILES string of the molecule is CCCc1ccc2c(c1)C(=O)NC2C. The van der Waals surface area contributed by atoms with E-state index in [4.69, 9.17) is 0 Å². The summed E-state index contributed by atoms with van der Waals surface area (Å²) in [5.74, 6) is 0.0745. The Balaban J connectivity index is 2.39. The van der Waals surface area contributed by atoms with E-state index < -0.39 is 0 Å². The van der Waals surface area contributed by atoms with E-state index >= 15 is 0 Å². The summed E-state index contributed by atoms with van der Waals surface area (Å²) in [5.41, 5.74) is 3.26. The van der Waals surface area contributed by atoms with E-state index in [0.717, 1.165) is 24.0 Å². The number of fused-ring (bicyclic) bond motifs is 1. The third-order valence-corrected chi connectivity index (χ3v) is 2.72. The standard InChI is InChI=1S/C12H15NO/c1-3-4-9-5-6-10-8(2)13-12(14)11(10)7-9/h5-8H,3-4H2,1-2H3,(H,13,14). The van der Waals surface area contributed by atoms with E-state index in [1.165, 1.54) is 5.56 Å². The molecule has 1 heterocycles. The summed E-state index contributed by atoms with van der Waals surface area (Å²) in [6.07, 6.45) is 2.17. The van der Waals surface area contributed by atoms with Crippen LogP contribution in [0.25, 0.3) is 0 Å². The molecule has 1 aromatic rings. The van der Waals surface area contributed by atoms with Crippen molar-refractivity contribution in [3.05, 3.63) is 34.9 Å². The highest BCUT2D eigenvalue weighted by atomic mass is 16.2. The van der Waals surface area contributed by atoms with Gasteiger partial charge < -0.3 is 5.32 Å². The highest BCUT2D eigenvalue weighted by molar-refractivity contribution is 5.99. The molecule has 1 atom stereocenters. The smallest absolute Gasteiger partial charge is 0.252 e. The fourth-order valence-corrected chi connectivity index (χ4v) is 1.97. The first kappa shape index (κ1) is 9.25. The maximum Gasteiger partial charge on any atom is 0.252 e. The molecule has 2 rings (SSSR count). The van der Waals surface area contributed by atoms with Crippen molar-refractivity contribution in [2.75, 3.05) is 0 Å². The van der Waals surface area contributed by atoms with Crippen molar-refractivity contribution in [1.82, 2.24) is 5.32 Å². The molecule has 1 amide bonds. The van der Waals surface area contributed by atoms with Crippen molar-refractivity contribution >= 4 is 5.91 Å². The van der Waals surface area contributed by atoms with Gasteiger partial charge in [0, 0.05) is 5.56 Å². The summed E-state index contributed by atoms with van der Waals surface area (Å²) >= 11 is 0. The number of carbonyl (C=O) groups excluding carboxylic acids is 1. The van der Waals surface area contributed by atoms with Gasteiger partial charge in [-0.15, -0.1) is 0 Å². The lowest BCUT2D eigenvalue weighted by molar-refractivity contribution is 0.0958. The highest BCUT2D eigenvalue weighted by Gasteiger charge is 2.24. The minimum Gasteiger partial charge on any atom is -0.345 e. The predicted octanol–water partition coefficient (Wildman–Crippen LogP) is 2.44. The number of amides is 1. The first-order chi connectivity index (χ1) is 6.72. The van der Waals surface area contributed by atoms with Crippen LogP contribution < -0.4 is 5.32 Å².